The number of carbonyl (C=O) groups excluding carboxylic acids is 1. The fraction of sp³-hybridized carbons (Fsp3) is 0.227. The lowest BCUT2D eigenvalue weighted by Gasteiger charge is -2.26. The highest BCUT2D eigenvalue weighted by molar-refractivity contribution is 6.07. The van der Waals surface area contributed by atoms with Gasteiger partial charge in [0, 0.05) is 31.1 Å². The number of fused-ring (bicyclic) bond motifs is 2. The Morgan fingerprint density at radius 2 is 1.80 bits per heavy atom. The zero-order chi connectivity index (χ0) is 17.2. The molecule has 4 rings (SSSR count). The molecule has 0 saturated carbocycles. The van der Waals surface area contributed by atoms with Crippen molar-refractivity contribution in [2.24, 2.45) is 0 Å². The number of hydrogen-bond donors (Lipinski definition) is 2. The van der Waals surface area contributed by atoms with Crippen LogP contribution < -0.4 is 10.6 Å². The number of amides is 1. The first-order chi connectivity index (χ1) is 12.2. The van der Waals surface area contributed by atoms with Crippen LogP contribution in [0.2, 0.25) is 0 Å². The van der Waals surface area contributed by atoms with Crippen molar-refractivity contribution >= 4 is 16.7 Å². The predicted octanol–water partition coefficient (Wildman–Crippen LogP) is 3.77. The van der Waals surface area contributed by atoms with E-state index < -0.39 is 0 Å². The molecule has 1 aliphatic rings. The summed E-state index contributed by atoms with van der Waals surface area (Å²) in [5.41, 5.74) is 4.61. The van der Waals surface area contributed by atoms with Crippen molar-refractivity contribution in [2.45, 2.75) is 19.4 Å². The van der Waals surface area contributed by atoms with Gasteiger partial charge in [-0.3, -0.25) is 4.79 Å². The molecule has 1 unspecified atom stereocenters. The second-order valence-electron chi connectivity index (χ2n) is 6.71. The molecule has 126 valence electrons. The number of benzene rings is 3. The van der Waals surface area contributed by atoms with Crippen molar-refractivity contribution in [1.82, 2.24) is 10.6 Å². The molecular formula is C22H22N2O. The molecule has 0 saturated heterocycles. The third-order valence-electron chi connectivity index (χ3n) is 5.10. The van der Waals surface area contributed by atoms with E-state index in [1.54, 1.807) is 0 Å². The molecule has 0 aromatic heterocycles. The summed E-state index contributed by atoms with van der Waals surface area (Å²) >= 11 is 0. The zero-order valence-electron chi connectivity index (χ0n) is 14.4. The first-order valence-corrected chi connectivity index (χ1v) is 8.79. The van der Waals surface area contributed by atoms with E-state index in [2.05, 4.69) is 47.9 Å². The van der Waals surface area contributed by atoms with Crippen LogP contribution in [0.3, 0.4) is 0 Å². The SMILES string of the molecule is Cc1ccc(C(=O)NCC2CNCc3ccccc32)c2ccccc12. The predicted molar refractivity (Wildman–Crippen MR) is 102 cm³/mol. The van der Waals surface area contributed by atoms with Gasteiger partial charge in [0.05, 0.1) is 0 Å². The molecule has 1 atom stereocenters. The Hall–Kier alpha value is -2.65. The van der Waals surface area contributed by atoms with Gasteiger partial charge in [-0.25, -0.2) is 0 Å². The molecule has 0 fully saturated rings. The molecule has 1 heterocycles. The minimum Gasteiger partial charge on any atom is -0.351 e. The summed E-state index contributed by atoms with van der Waals surface area (Å²) < 4.78 is 0. The van der Waals surface area contributed by atoms with Crippen molar-refractivity contribution in [3.05, 3.63) is 82.9 Å². The van der Waals surface area contributed by atoms with E-state index in [1.165, 1.54) is 16.7 Å². The number of carbonyl (C=O) groups is 1. The van der Waals surface area contributed by atoms with Gasteiger partial charge in [-0.05, 0) is 40.5 Å². The minimum atomic E-state index is -0.000690. The Morgan fingerprint density at radius 1 is 1.04 bits per heavy atom. The van der Waals surface area contributed by atoms with Gasteiger partial charge in [-0.1, -0.05) is 54.6 Å². The molecule has 3 aromatic carbocycles. The maximum absolute atomic E-state index is 12.8. The third-order valence-corrected chi connectivity index (χ3v) is 5.10. The first-order valence-electron chi connectivity index (χ1n) is 8.79. The van der Waals surface area contributed by atoms with Gasteiger partial charge < -0.3 is 10.6 Å². The van der Waals surface area contributed by atoms with Crippen LogP contribution in [0.5, 0.6) is 0 Å². The highest BCUT2D eigenvalue weighted by atomic mass is 16.1. The lowest BCUT2D eigenvalue weighted by Crippen LogP contribution is -2.36. The number of hydrogen-bond acceptors (Lipinski definition) is 2. The van der Waals surface area contributed by atoms with E-state index in [0.717, 1.165) is 29.4 Å². The number of rotatable bonds is 3. The van der Waals surface area contributed by atoms with Crippen molar-refractivity contribution in [2.75, 3.05) is 13.1 Å². The van der Waals surface area contributed by atoms with Gasteiger partial charge in [0.1, 0.15) is 0 Å². The van der Waals surface area contributed by atoms with Crippen LogP contribution in [-0.2, 0) is 6.54 Å². The lowest BCUT2D eigenvalue weighted by molar-refractivity contribution is 0.0952. The van der Waals surface area contributed by atoms with Gasteiger partial charge in [0.2, 0.25) is 0 Å². The van der Waals surface area contributed by atoms with Crippen molar-refractivity contribution in [3.8, 4) is 0 Å². The van der Waals surface area contributed by atoms with E-state index in [0.29, 0.717) is 12.5 Å². The largest absolute Gasteiger partial charge is 0.351 e. The topological polar surface area (TPSA) is 41.1 Å². The van der Waals surface area contributed by atoms with Crippen LogP contribution in [0.15, 0.2) is 60.7 Å². The molecule has 1 amide bonds. The Labute approximate surface area is 148 Å². The number of nitrogens with one attached hydrogen (secondary N) is 2. The molecule has 2 N–H and O–H groups in total. The normalized spacial score (nSPS) is 16.4. The quantitative estimate of drug-likeness (QED) is 0.767. The Bertz CT molecular complexity index is 932. The summed E-state index contributed by atoms with van der Waals surface area (Å²) in [4.78, 5) is 12.8. The van der Waals surface area contributed by atoms with E-state index in [-0.39, 0.29) is 5.91 Å². The van der Waals surface area contributed by atoms with Gasteiger partial charge in [0.25, 0.3) is 5.91 Å². The third kappa shape index (κ3) is 3.03. The van der Waals surface area contributed by atoms with Crippen LogP contribution in [0.4, 0.5) is 0 Å². The average molecular weight is 330 g/mol. The maximum Gasteiger partial charge on any atom is 0.251 e. The van der Waals surface area contributed by atoms with Gasteiger partial charge in [-0.2, -0.15) is 0 Å². The maximum atomic E-state index is 12.8. The van der Waals surface area contributed by atoms with Crippen LogP contribution in [0, 0.1) is 6.92 Å². The lowest BCUT2D eigenvalue weighted by atomic mass is 9.90. The molecule has 3 nitrogen and oxygen atoms in total. The van der Waals surface area contributed by atoms with E-state index in [9.17, 15) is 4.79 Å². The van der Waals surface area contributed by atoms with Crippen LogP contribution in [-0.4, -0.2) is 19.0 Å². The molecule has 3 aromatic rings. The average Bonchev–Trinajstić information content (AvgIpc) is 2.66. The van der Waals surface area contributed by atoms with Crippen LogP contribution in [0.25, 0.3) is 10.8 Å². The van der Waals surface area contributed by atoms with Gasteiger partial charge in [0.15, 0.2) is 0 Å². The molecule has 1 aliphatic heterocycles. The summed E-state index contributed by atoms with van der Waals surface area (Å²) in [5.74, 6) is 0.310. The molecule has 3 heteroatoms. The second-order valence-corrected chi connectivity index (χ2v) is 6.71. The Morgan fingerprint density at radius 3 is 2.68 bits per heavy atom. The van der Waals surface area contributed by atoms with Crippen molar-refractivity contribution in [3.63, 3.8) is 0 Å². The summed E-state index contributed by atoms with van der Waals surface area (Å²) in [7, 11) is 0. The monoisotopic (exact) mass is 330 g/mol. The Balaban J connectivity index is 1.55. The fourth-order valence-corrected chi connectivity index (χ4v) is 3.73. The summed E-state index contributed by atoms with van der Waals surface area (Å²) in [6.45, 7) is 4.52. The smallest absolute Gasteiger partial charge is 0.251 e. The highest BCUT2D eigenvalue weighted by Crippen LogP contribution is 2.24. The molecule has 0 bridgehead atoms. The second kappa shape index (κ2) is 6.69. The summed E-state index contributed by atoms with van der Waals surface area (Å²) in [6.07, 6.45) is 0. The van der Waals surface area contributed by atoms with E-state index in [4.69, 9.17) is 0 Å². The number of aryl methyl sites for hydroxylation is 1. The summed E-state index contributed by atoms with van der Waals surface area (Å²) in [5, 5.41) is 8.74. The van der Waals surface area contributed by atoms with Gasteiger partial charge in [-0.15, -0.1) is 0 Å². The van der Waals surface area contributed by atoms with E-state index >= 15 is 0 Å². The summed E-state index contributed by atoms with van der Waals surface area (Å²) in [6, 6.07) is 20.5. The van der Waals surface area contributed by atoms with Crippen molar-refractivity contribution in [1.29, 1.82) is 0 Å². The van der Waals surface area contributed by atoms with Crippen LogP contribution in [0.1, 0.15) is 33.0 Å². The molecular weight excluding hydrogens is 308 g/mol. The molecule has 0 spiro atoms. The van der Waals surface area contributed by atoms with E-state index in [1.807, 2.05) is 30.3 Å². The van der Waals surface area contributed by atoms with Crippen molar-refractivity contribution < 1.29 is 4.79 Å². The minimum absolute atomic E-state index is 0.000690. The fourth-order valence-electron chi connectivity index (χ4n) is 3.73. The molecule has 0 radical (unpaired) electrons. The highest BCUT2D eigenvalue weighted by Gasteiger charge is 2.20. The van der Waals surface area contributed by atoms with Crippen LogP contribution >= 0.6 is 0 Å². The zero-order valence-corrected chi connectivity index (χ0v) is 14.4. The standard InChI is InChI=1S/C22H22N2O/c1-15-10-11-21(20-9-5-4-7-18(15)20)22(25)24-14-17-13-23-12-16-6-2-3-8-19(16)17/h2-11,17,23H,12-14H2,1H3,(H,24,25). The van der Waals surface area contributed by atoms with Gasteiger partial charge >= 0.3 is 0 Å². The first kappa shape index (κ1) is 15.9. The Kier molecular flexibility index (Phi) is 4.24. The molecule has 25 heavy (non-hydrogen) atoms. The molecule has 0 aliphatic carbocycles.